The van der Waals surface area contributed by atoms with Gasteiger partial charge in [0.05, 0.1) is 0 Å². The van der Waals surface area contributed by atoms with Gasteiger partial charge >= 0.3 is 0 Å². The van der Waals surface area contributed by atoms with E-state index < -0.39 is 0 Å². The number of hydrogen-bond donors (Lipinski definition) is 0. The molecule has 0 aromatic carbocycles. The molecule has 0 aromatic heterocycles. The average Bonchev–Trinajstić information content (AvgIpc) is 2.41. The van der Waals surface area contributed by atoms with Crippen LogP contribution in [0.5, 0.6) is 0 Å². The Hall–Kier alpha value is -1.56. The van der Waals surface area contributed by atoms with Crippen molar-refractivity contribution in [1.29, 1.82) is 0 Å². The SMILES string of the molecule is C=C/C(=C\C=C/C)C1=CC=CC(C)(C)C=C1. The van der Waals surface area contributed by atoms with Crippen LogP contribution in [-0.4, -0.2) is 0 Å². The highest BCUT2D eigenvalue weighted by atomic mass is 14.2. The fourth-order valence-electron chi connectivity index (χ4n) is 1.49. The van der Waals surface area contributed by atoms with E-state index >= 15 is 0 Å². The lowest BCUT2D eigenvalue weighted by Crippen LogP contribution is -2.00. The highest BCUT2D eigenvalue weighted by Gasteiger charge is 2.10. The summed E-state index contributed by atoms with van der Waals surface area (Å²) in [6.45, 7) is 10.3. The molecule has 0 radical (unpaired) electrons. The zero-order valence-electron chi connectivity index (χ0n) is 10.4. The summed E-state index contributed by atoms with van der Waals surface area (Å²) in [4.78, 5) is 0. The topological polar surface area (TPSA) is 0 Å². The summed E-state index contributed by atoms with van der Waals surface area (Å²) < 4.78 is 0. The molecule has 0 amide bonds. The first-order valence-corrected chi connectivity index (χ1v) is 5.63. The summed E-state index contributed by atoms with van der Waals surface area (Å²) in [7, 11) is 0. The third-order valence-electron chi connectivity index (χ3n) is 2.52. The Bertz CT molecular complexity index is 396. The van der Waals surface area contributed by atoms with Crippen LogP contribution in [0.3, 0.4) is 0 Å². The van der Waals surface area contributed by atoms with Crippen LogP contribution in [0.15, 0.2) is 72.4 Å². The molecule has 0 saturated carbocycles. The van der Waals surface area contributed by atoms with Gasteiger partial charge in [-0.3, -0.25) is 0 Å². The molecule has 0 N–H and O–H groups in total. The molecule has 0 unspecified atom stereocenters. The van der Waals surface area contributed by atoms with Gasteiger partial charge in [0.2, 0.25) is 0 Å². The van der Waals surface area contributed by atoms with E-state index in [0.29, 0.717) is 0 Å². The Kier molecular flexibility index (Phi) is 4.30. The smallest absolute Gasteiger partial charge is 0.00109 e. The van der Waals surface area contributed by atoms with Crippen molar-refractivity contribution < 1.29 is 0 Å². The third-order valence-corrected chi connectivity index (χ3v) is 2.52. The van der Waals surface area contributed by atoms with Crippen molar-refractivity contribution in [1.82, 2.24) is 0 Å². The summed E-state index contributed by atoms with van der Waals surface area (Å²) in [6, 6.07) is 0. The molecule has 0 heteroatoms. The maximum atomic E-state index is 3.86. The van der Waals surface area contributed by atoms with Gasteiger partial charge < -0.3 is 0 Å². The van der Waals surface area contributed by atoms with Crippen molar-refractivity contribution in [3.8, 4) is 0 Å². The molecule has 0 saturated heterocycles. The van der Waals surface area contributed by atoms with E-state index in [1.165, 1.54) is 5.57 Å². The average molecular weight is 212 g/mol. The van der Waals surface area contributed by atoms with E-state index in [1.54, 1.807) is 0 Å². The standard InChI is InChI=1S/C16H20/c1-5-7-9-14(6-2)15-10-8-12-16(3,4)13-11-15/h5-13H,2H2,1,3-4H3/b7-5-,14-9+. The van der Waals surface area contributed by atoms with Crippen molar-refractivity contribution in [3.05, 3.63) is 72.4 Å². The first-order valence-electron chi connectivity index (χ1n) is 5.63. The molecule has 0 aliphatic heterocycles. The summed E-state index contributed by atoms with van der Waals surface area (Å²) in [5.74, 6) is 0. The minimum absolute atomic E-state index is 0.130. The fourth-order valence-corrected chi connectivity index (χ4v) is 1.49. The van der Waals surface area contributed by atoms with Gasteiger partial charge in [-0.25, -0.2) is 0 Å². The summed E-state index contributed by atoms with van der Waals surface area (Å²) in [5, 5.41) is 0. The second kappa shape index (κ2) is 5.50. The van der Waals surface area contributed by atoms with Crippen molar-refractivity contribution in [2.24, 2.45) is 5.41 Å². The van der Waals surface area contributed by atoms with Crippen LogP contribution < -0.4 is 0 Å². The molecule has 16 heavy (non-hydrogen) atoms. The molecule has 0 aromatic rings. The molecule has 0 nitrogen and oxygen atoms in total. The second-order valence-electron chi connectivity index (χ2n) is 4.49. The first-order chi connectivity index (χ1) is 7.59. The van der Waals surface area contributed by atoms with Gasteiger partial charge in [0.25, 0.3) is 0 Å². The summed E-state index contributed by atoms with van der Waals surface area (Å²) in [6.07, 6.45) is 18.8. The highest BCUT2D eigenvalue weighted by Crippen LogP contribution is 2.25. The lowest BCUT2D eigenvalue weighted by Gasteiger charge is -2.12. The minimum Gasteiger partial charge on any atom is -0.0984 e. The van der Waals surface area contributed by atoms with Crippen LogP contribution in [0, 0.1) is 5.41 Å². The van der Waals surface area contributed by atoms with Crippen LogP contribution in [-0.2, 0) is 0 Å². The number of rotatable bonds is 3. The lowest BCUT2D eigenvalue weighted by atomic mass is 9.93. The zero-order valence-corrected chi connectivity index (χ0v) is 10.4. The van der Waals surface area contributed by atoms with E-state index in [9.17, 15) is 0 Å². The van der Waals surface area contributed by atoms with Gasteiger partial charge in [-0.2, -0.15) is 0 Å². The molecular weight excluding hydrogens is 192 g/mol. The van der Waals surface area contributed by atoms with Crippen molar-refractivity contribution in [2.45, 2.75) is 20.8 Å². The Balaban J connectivity index is 3.02. The van der Waals surface area contributed by atoms with Gasteiger partial charge in [0.1, 0.15) is 0 Å². The Morgan fingerprint density at radius 1 is 1.31 bits per heavy atom. The molecule has 0 bridgehead atoms. The van der Waals surface area contributed by atoms with Crippen molar-refractivity contribution in [3.63, 3.8) is 0 Å². The summed E-state index contributed by atoms with van der Waals surface area (Å²) in [5.41, 5.74) is 2.48. The molecule has 0 fully saturated rings. The maximum absolute atomic E-state index is 3.86. The zero-order chi connectivity index (χ0) is 12.0. The fraction of sp³-hybridized carbons (Fsp3) is 0.250. The van der Waals surface area contributed by atoms with Crippen LogP contribution in [0.2, 0.25) is 0 Å². The highest BCUT2D eigenvalue weighted by molar-refractivity contribution is 5.50. The molecule has 1 aliphatic rings. The number of allylic oxidation sites excluding steroid dienone is 11. The summed E-state index contributed by atoms with van der Waals surface area (Å²) >= 11 is 0. The first kappa shape index (κ1) is 12.5. The van der Waals surface area contributed by atoms with Gasteiger partial charge in [0.15, 0.2) is 0 Å². The van der Waals surface area contributed by atoms with Crippen LogP contribution in [0.1, 0.15) is 20.8 Å². The van der Waals surface area contributed by atoms with E-state index in [1.807, 2.05) is 25.2 Å². The van der Waals surface area contributed by atoms with E-state index in [0.717, 1.165) is 5.57 Å². The Labute approximate surface area is 99.1 Å². The van der Waals surface area contributed by atoms with Crippen LogP contribution >= 0.6 is 0 Å². The molecule has 1 aliphatic carbocycles. The maximum Gasteiger partial charge on any atom is 0.00109 e. The predicted molar refractivity (Wildman–Crippen MR) is 73.2 cm³/mol. The molecule has 0 heterocycles. The normalized spacial score (nSPS) is 19.7. The van der Waals surface area contributed by atoms with Crippen molar-refractivity contribution in [2.75, 3.05) is 0 Å². The predicted octanol–water partition coefficient (Wildman–Crippen LogP) is 4.75. The minimum atomic E-state index is 0.130. The molecular formula is C16H20. The largest absolute Gasteiger partial charge is 0.0984 e. The monoisotopic (exact) mass is 212 g/mol. The van der Waals surface area contributed by atoms with Gasteiger partial charge in [-0.1, -0.05) is 75.1 Å². The van der Waals surface area contributed by atoms with Crippen molar-refractivity contribution >= 4 is 0 Å². The third kappa shape index (κ3) is 3.54. The number of hydrogen-bond acceptors (Lipinski definition) is 0. The van der Waals surface area contributed by atoms with Gasteiger partial charge in [-0.15, -0.1) is 0 Å². The van der Waals surface area contributed by atoms with E-state index in [2.05, 4.69) is 56.9 Å². The molecule has 0 atom stereocenters. The molecule has 1 rings (SSSR count). The van der Waals surface area contributed by atoms with Crippen LogP contribution in [0.4, 0.5) is 0 Å². The second-order valence-corrected chi connectivity index (χ2v) is 4.49. The lowest BCUT2D eigenvalue weighted by molar-refractivity contribution is 0.627. The van der Waals surface area contributed by atoms with Gasteiger partial charge in [-0.05, 0) is 18.1 Å². The Morgan fingerprint density at radius 2 is 2.06 bits per heavy atom. The van der Waals surface area contributed by atoms with Crippen LogP contribution in [0.25, 0.3) is 0 Å². The quantitative estimate of drug-likeness (QED) is 0.592. The van der Waals surface area contributed by atoms with E-state index in [-0.39, 0.29) is 5.41 Å². The van der Waals surface area contributed by atoms with Gasteiger partial charge in [0, 0.05) is 5.41 Å². The Morgan fingerprint density at radius 3 is 2.69 bits per heavy atom. The van der Waals surface area contributed by atoms with E-state index in [4.69, 9.17) is 0 Å². The molecule has 0 spiro atoms. The molecule has 84 valence electrons.